The van der Waals surface area contributed by atoms with Crippen LogP contribution < -0.4 is 0 Å². The van der Waals surface area contributed by atoms with Crippen molar-refractivity contribution >= 4 is 5.91 Å². The maximum atomic E-state index is 12.8. The minimum atomic E-state index is -4.43. The summed E-state index contributed by atoms with van der Waals surface area (Å²) in [4.78, 5) is 14.0. The van der Waals surface area contributed by atoms with Gasteiger partial charge in [-0.2, -0.15) is 13.2 Å². The molecule has 1 amide bonds. The van der Waals surface area contributed by atoms with Crippen LogP contribution in [0.4, 0.5) is 13.2 Å². The molecule has 1 heterocycles. The lowest BCUT2D eigenvalue weighted by Crippen LogP contribution is -2.25. The van der Waals surface area contributed by atoms with Crippen LogP contribution in [0.25, 0.3) is 11.3 Å². The van der Waals surface area contributed by atoms with Crippen molar-refractivity contribution in [1.82, 2.24) is 4.90 Å². The van der Waals surface area contributed by atoms with E-state index in [9.17, 15) is 18.0 Å². The van der Waals surface area contributed by atoms with Crippen LogP contribution in [-0.4, -0.2) is 17.9 Å². The summed E-state index contributed by atoms with van der Waals surface area (Å²) in [5.74, 6) is -0.0458. The fraction of sp³-hybridized carbons (Fsp3) is 0.150. The summed E-state index contributed by atoms with van der Waals surface area (Å²) in [7, 11) is 1.64. The van der Waals surface area contributed by atoms with Crippen molar-refractivity contribution in [2.75, 3.05) is 7.05 Å². The van der Waals surface area contributed by atoms with Crippen molar-refractivity contribution < 1.29 is 22.4 Å². The number of benzene rings is 2. The average Bonchev–Trinajstić information content (AvgIpc) is 3.11. The van der Waals surface area contributed by atoms with E-state index in [0.717, 1.165) is 17.7 Å². The lowest BCUT2D eigenvalue weighted by Gasteiger charge is -2.15. The van der Waals surface area contributed by atoms with Crippen LogP contribution in [0, 0.1) is 0 Å². The molecular weight excluding hydrogens is 343 g/mol. The van der Waals surface area contributed by atoms with Crippen molar-refractivity contribution in [3.05, 3.63) is 83.6 Å². The van der Waals surface area contributed by atoms with Gasteiger partial charge in [-0.05, 0) is 29.8 Å². The van der Waals surface area contributed by atoms with Gasteiger partial charge in [0.05, 0.1) is 5.56 Å². The molecule has 0 aliphatic carbocycles. The second-order valence-corrected chi connectivity index (χ2v) is 5.89. The molecule has 0 saturated heterocycles. The zero-order chi connectivity index (χ0) is 18.7. The fourth-order valence-corrected chi connectivity index (χ4v) is 2.57. The third kappa shape index (κ3) is 3.96. The third-order valence-electron chi connectivity index (χ3n) is 3.90. The smallest absolute Gasteiger partial charge is 0.416 e. The third-order valence-corrected chi connectivity index (χ3v) is 3.90. The normalized spacial score (nSPS) is 11.4. The van der Waals surface area contributed by atoms with Crippen molar-refractivity contribution in [3.8, 4) is 11.3 Å². The summed E-state index contributed by atoms with van der Waals surface area (Å²) in [6.45, 7) is 0.402. The molecule has 1 aromatic heterocycles. The summed E-state index contributed by atoms with van der Waals surface area (Å²) in [5.41, 5.74) is 0.470. The predicted molar refractivity (Wildman–Crippen MR) is 91.4 cm³/mol. The highest BCUT2D eigenvalue weighted by Gasteiger charge is 2.30. The number of alkyl halides is 3. The van der Waals surface area contributed by atoms with Gasteiger partial charge in [-0.1, -0.05) is 42.5 Å². The molecule has 3 aromatic rings. The van der Waals surface area contributed by atoms with E-state index in [1.54, 1.807) is 7.05 Å². The zero-order valence-electron chi connectivity index (χ0n) is 14.0. The molecule has 0 fully saturated rings. The summed E-state index contributed by atoms with van der Waals surface area (Å²) < 4.78 is 44.0. The molecule has 0 spiro atoms. The van der Waals surface area contributed by atoms with Gasteiger partial charge in [-0.15, -0.1) is 0 Å². The van der Waals surface area contributed by atoms with E-state index in [0.29, 0.717) is 6.54 Å². The van der Waals surface area contributed by atoms with Crippen LogP contribution in [0.1, 0.15) is 21.7 Å². The molecule has 0 bridgehead atoms. The van der Waals surface area contributed by atoms with Gasteiger partial charge in [-0.25, -0.2) is 0 Å². The molecular formula is C20H16F3NO2. The Labute approximate surface area is 148 Å². The van der Waals surface area contributed by atoms with Gasteiger partial charge in [0.15, 0.2) is 5.76 Å². The van der Waals surface area contributed by atoms with Gasteiger partial charge in [0.25, 0.3) is 5.91 Å². The highest BCUT2D eigenvalue weighted by Crippen LogP contribution is 2.32. The van der Waals surface area contributed by atoms with Crippen molar-refractivity contribution in [3.63, 3.8) is 0 Å². The lowest BCUT2D eigenvalue weighted by molar-refractivity contribution is -0.137. The predicted octanol–water partition coefficient (Wildman–Crippen LogP) is 5.24. The highest BCUT2D eigenvalue weighted by atomic mass is 19.4. The summed E-state index contributed by atoms with van der Waals surface area (Å²) in [5, 5.41) is 0. The standard InChI is InChI=1S/C20H16F3NO2/c1-24(13-14-6-3-2-4-7-14)19(25)18-11-10-17(26-18)15-8-5-9-16(12-15)20(21,22)23/h2-12H,13H2,1H3. The van der Waals surface area contributed by atoms with Crippen LogP contribution >= 0.6 is 0 Å². The van der Waals surface area contributed by atoms with Crippen LogP contribution in [0.3, 0.4) is 0 Å². The maximum absolute atomic E-state index is 12.8. The quantitative estimate of drug-likeness (QED) is 0.638. The lowest BCUT2D eigenvalue weighted by atomic mass is 10.1. The van der Waals surface area contributed by atoms with E-state index >= 15 is 0 Å². The van der Waals surface area contributed by atoms with Gasteiger partial charge in [0.2, 0.25) is 0 Å². The van der Waals surface area contributed by atoms with Gasteiger partial charge >= 0.3 is 6.18 Å². The molecule has 0 radical (unpaired) electrons. The first-order chi connectivity index (χ1) is 12.3. The molecule has 0 aliphatic rings. The Morgan fingerprint density at radius 2 is 1.73 bits per heavy atom. The number of halogens is 3. The number of hydrogen-bond acceptors (Lipinski definition) is 2. The summed E-state index contributed by atoms with van der Waals surface area (Å²) in [6.07, 6.45) is -4.43. The molecule has 0 unspecified atom stereocenters. The molecule has 26 heavy (non-hydrogen) atoms. The molecule has 0 atom stereocenters. The van der Waals surface area contributed by atoms with Crippen molar-refractivity contribution in [1.29, 1.82) is 0 Å². The molecule has 0 aliphatic heterocycles. The SMILES string of the molecule is CN(Cc1ccccc1)C(=O)c1ccc(-c2cccc(C(F)(F)F)c2)o1. The topological polar surface area (TPSA) is 33.5 Å². The largest absolute Gasteiger partial charge is 0.451 e. The maximum Gasteiger partial charge on any atom is 0.416 e. The minimum absolute atomic E-state index is 0.0795. The summed E-state index contributed by atoms with van der Waals surface area (Å²) in [6, 6.07) is 17.2. The van der Waals surface area contributed by atoms with Gasteiger partial charge in [-0.3, -0.25) is 4.79 Å². The second-order valence-electron chi connectivity index (χ2n) is 5.89. The Balaban J connectivity index is 1.78. The molecule has 6 heteroatoms. The minimum Gasteiger partial charge on any atom is -0.451 e. The Morgan fingerprint density at radius 3 is 2.42 bits per heavy atom. The first-order valence-corrected chi connectivity index (χ1v) is 7.91. The molecule has 0 saturated carbocycles. The van der Waals surface area contributed by atoms with Crippen molar-refractivity contribution in [2.24, 2.45) is 0 Å². The second kappa shape index (κ2) is 7.07. The van der Waals surface area contributed by atoms with Crippen LogP contribution in [-0.2, 0) is 12.7 Å². The van der Waals surface area contributed by atoms with Crippen molar-refractivity contribution in [2.45, 2.75) is 12.7 Å². The monoisotopic (exact) mass is 359 g/mol. The number of hydrogen-bond donors (Lipinski definition) is 0. The number of amides is 1. The van der Waals surface area contributed by atoms with Crippen LogP contribution in [0.2, 0.25) is 0 Å². The fourth-order valence-electron chi connectivity index (χ4n) is 2.57. The van der Waals surface area contributed by atoms with E-state index < -0.39 is 11.7 Å². The van der Waals surface area contributed by atoms with Crippen LogP contribution in [0.5, 0.6) is 0 Å². The number of furan rings is 1. The van der Waals surface area contributed by atoms with Gasteiger partial charge in [0, 0.05) is 19.2 Å². The van der Waals surface area contributed by atoms with E-state index in [1.165, 1.54) is 29.2 Å². The number of carbonyl (C=O) groups excluding carboxylic acids is 1. The number of carbonyl (C=O) groups is 1. The molecule has 3 nitrogen and oxygen atoms in total. The van der Waals surface area contributed by atoms with E-state index in [2.05, 4.69) is 0 Å². The number of rotatable bonds is 4. The van der Waals surface area contributed by atoms with Gasteiger partial charge < -0.3 is 9.32 Å². The van der Waals surface area contributed by atoms with E-state index in [4.69, 9.17) is 4.42 Å². The molecule has 134 valence electrons. The first kappa shape index (κ1) is 17.8. The first-order valence-electron chi connectivity index (χ1n) is 7.91. The Hall–Kier alpha value is -3.02. The molecule has 0 N–H and O–H groups in total. The Kier molecular flexibility index (Phi) is 4.84. The summed E-state index contributed by atoms with van der Waals surface area (Å²) >= 11 is 0. The van der Waals surface area contributed by atoms with Gasteiger partial charge in [0.1, 0.15) is 5.76 Å². The molecule has 3 rings (SSSR count). The number of nitrogens with zero attached hydrogens (tertiary/aromatic N) is 1. The Bertz CT molecular complexity index is 901. The average molecular weight is 359 g/mol. The van der Waals surface area contributed by atoms with E-state index in [-0.39, 0.29) is 23.0 Å². The highest BCUT2D eigenvalue weighted by molar-refractivity contribution is 5.91. The molecule has 2 aromatic carbocycles. The zero-order valence-corrected chi connectivity index (χ0v) is 14.0. The van der Waals surface area contributed by atoms with E-state index in [1.807, 2.05) is 30.3 Å². The van der Waals surface area contributed by atoms with Crippen LogP contribution in [0.15, 0.2) is 71.1 Å². The Morgan fingerprint density at radius 1 is 1.00 bits per heavy atom.